The van der Waals surface area contributed by atoms with Crippen LogP contribution in [0.5, 0.6) is 0 Å². The predicted molar refractivity (Wildman–Crippen MR) is 43.2 cm³/mol. The minimum absolute atomic E-state index is 0.216. The molecule has 0 aliphatic heterocycles. The fourth-order valence-corrected chi connectivity index (χ4v) is 0.650. The first-order valence-electron chi connectivity index (χ1n) is 3.31. The van der Waals surface area contributed by atoms with Gasteiger partial charge in [-0.25, -0.2) is 9.97 Å². The fraction of sp³-hybridized carbons (Fsp3) is 0.125. The molecule has 0 spiro atoms. The van der Waals surface area contributed by atoms with E-state index in [1.807, 2.05) is 0 Å². The topological polar surface area (TPSA) is 54.9 Å². The summed E-state index contributed by atoms with van der Waals surface area (Å²) in [4.78, 5) is 18.5. The summed E-state index contributed by atoms with van der Waals surface area (Å²) in [6.07, 6.45) is 9.18. The standard InChI is InChI=1S/C8H7N3O/c1-2-3-11-8(12)7-4-9-6-10-5-7/h1,4-6H,3H2,(H,11,12). The summed E-state index contributed by atoms with van der Waals surface area (Å²) >= 11 is 0. The van der Waals surface area contributed by atoms with Gasteiger partial charge in [-0.1, -0.05) is 5.92 Å². The summed E-state index contributed by atoms with van der Waals surface area (Å²) in [5.74, 6) is 2.04. The Bertz CT molecular complexity index is 302. The van der Waals surface area contributed by atoms with Crippen molar-refractivity contribution >= 4 is 5.91 Å². The first-order chi connectivity index (χ1) is 5.84. The molecule has 1 N–H and O–H groups in total. The summed E-state index contributed by atoms with van der Waals surface area (Å²) in [5, 5.41) is 2.49. The average Bonchev–Trinajstić information content (AvgIpc) is 2.15. The lowest BCUT2D eigenvalue weighted by atomic mass is 10.3. The highest BCUT2D eigenvalue weighted by atomic mass is 16.1. The summed E-state index contributed by atoms with van der Waals surface area (Å²) in [7, 11) is 0. The normalized spacial score (nSPS) is 8.58. The van der Waals surface area contributed by atoms with E-state index < -0.39 is 0 Å². The Balaban J connectivity index is 2.61. The third-order valence-electron chi connectivity index (χ3n) is 1.17. The van der Waals surface area contributed by atoms with E-state index in [1.54, 1.807) is 0 Å². The molecule has 0 radical (unpaired) electrons. The molecular weight excluding hydrogens is 154 g/mol. The SMILES string of the molecule is C#CCNC(=O)c1cncnc1. The zero-order valence-corrected chi connectivity index (χ0v) is 6.32. The fourth-order valence-electron chi connectivity index (χ4n) is 0.650. The van der Waals surface area contributed by atoms with Crippen LogP contribution in [0.1, 0.15) is 10.4 Å². The molecule has 4 nitrogen and oxygen atoms in total. The van der Waals surface area contributed by atoms with E-state index >= 15 is 0 Å². The van der Waals surface area contributed by atoms with Crippen molar-refractivity contribution in [1.29, 1.82) is 0 Å². The summed E-state index contributed by atoms with van der Waals surface area (Å²) in [5.41, 5.74) is 0.410. The summed E-state index contributed by atoms with van der Waals surface area (Å²) < 4.78 is 0. The third-order valence-corrected chi connectivity index (χ3v) is 1.17. The number of hydrogen-bond donors (Lipinski definition) is 1. The summed E-state index contributed by atoms with van der Waals surface area (Å²) in [6, 6.07) is 0. The highest BCUT2D eigenvalue weighted by Crippen LogP contribution is 1.90. The van der Waals surface area contributed by atoms with Crippen molar-refractivity contribution < 1.29 is 4.79 Å². The maximum atomic E-state index is 11.1. The van der Waals surface area contributed by atoms with Gasteiger partial charge in [0.15, 0.2) is 0 Å². The molecule has 0 saturated heterocycles. The van der Waals surface area contributed by atoms with E-state index in [-0.39, 0.29) is 12.5 Å². The molecule has 4 heteroatoms. The molecule has 1 amide bonds. The molecule has 12 heavy (non-hydrogen) atoms. The minimum atomic E-state index is -0.256. The summed E-state index contributed by atoms with van der Waals surface area (Å²) in [6.45, 7) is 0.216. The number of carbonyl (C=O) groups is 1. The molecule has 0 aliphatic rings. The van der Waals surface area contributed by atoms with Crippen LogP contribution in [0.2, 0.25) is 0 Å². The quantitative estimate of drug-likeness (QED) is 0.613. The van der Waals surface area contributed by atoms with Gasteiger partial charge in [-0.15, -0.1) is 6.42 Å². The van der Waals surface area contributed by atoms with Crippen molar-refractivity contribution in [3.8, 4) is 12.3 Å². The van der Waals surface area contributed by atoms with Crippen LogP contribution in [0.25, 0.3) is 0 Å². The monoisotopic (exact) mass is 161 g/mol. The zero-order valence-electron chi connectivity index (χ0n) is 6.32. The molecule has 0 atom stereocenters. The largest absolute Gasteiger partial charge is 0.341 e. The first-order valence-corrected chi connectivity index (χ1v) is 3.31. The van der Waals surface area contributed by atoms with Crippen molar-refractivity contribution in [3.63, 3.8) is 0 Å². The highest BCUT2D eigenvalue weighted by Gasteiger charge is 2.02. The zero-order chi connectivity index (χ0) is 8.81. The number of terminal acetylenes is 1. The van der Waals surface area contributed by atoms with Crippen molar-refractivity contribution in [2.75, 3.05) is 6.54 Å². The Morgan fingerprint density at radius 3 is 2.83 bits per heavy atom. The number of carbonyl (C=O) groups excluding carboxylic acids is 1. The van der Waals surface area contributed by atoms with Crippen molar-refractivity contribution in [2.24, 2.45) is 0 Å². The Labute approximate surface area is 70.0 Å². The van der Waals surface area contributed by atoms with Gasteiger partial charge in [-0.05, 0) is 0 Å². The van der Waals surface area contributed by atoms with Crippen LogP contribution in [0, 0.1) is 12.3 Å². The number of aromatic nitrogens is 2. The second-order valence-corrected chi connectivity index (χ2v) is 2.01. The van der Waals surface area contributed by atoms with Crippen LogP contribution in [0.3, 0.4) is 0 Å². The van der Waals surface area contributed by atoms with Crippen LogP contribution in [0.15, 0.2) is 18.7 Å². The predicted octanol–water partition coefficient (Wildman–Crippen LogP) is -0.160. The van der Waals surface area contributed by atoms with Crippen LogP contribution in [-0.2, 0) is 0 Å². The molecule has 0 aromatic carbocycles. The number of amides is 1. The van der Waals surface area contributed by atoms with Crippen LogP contribution in [-0.4, -0.2) is 22.4 Å². The molecule has 0 aliphatic carbocycles. The highest BCUT2D eigenvalue weighted by molar-refractivity contribution is 5.93. The van der Waals surface area contributed by atoms with Gasteiger partial charge >= 0.3 is 0 Å². The number of hydrogen-bond acceptors (Lipinski definition) is 3. The molecule has 0 unspecified atom stereocenters. The molecule has 0 bridgehead atoms. The maximum Gasteiger partial charge on any atom is 0.255 e. The smallest absolute Gasteiger partial charge is 0.255 e. The minimum Gasteiger partial charge on any atom is -0.341 e. The van der Waals surface area contributed by atoms with Crippen molar-refractivity contribution in [3.05, 3.63) is 24.3 Å². The molecule has 0 fully saturated rings. The third kappa shape index (κ3) is 2.06. The lowest BCUT2D eigenvalue weighted by Crippen LogP contribution is -2.23. The first kappa shape index (κ1) is 8.21. The van der Waals surface area contributed by atoms with Gasteiger partial charge in [-0.3, -0.25) is 4.79 Å². The van der Waals surface area contributed by atoms with Gasteiger partial charge in [0.1, 0.15) is 6.33 Å². The van der Waals surface area contributed by atoms with E-state index in [1.165, 1.54) is 18.7 Å². The number of nitrogens with one attached hydrogen (secondary N) is 1. The second kappa shape index (κ2) is 4.09. The Kier molecular flexibility index (Phi) is 2.79. The molecule has 1 rings (SSSR count). The molecule has 1 heterocycles. The Morgan fingerprint density at radius 1 is 1.58 bits per heavy atom. The van der Waals surface area contributed by atoms with Gasteiger partial charge in [0.25, 0.3) is 5.91 Å². The van der Waals surface area contributed by atoms with E-state index in [4.69, 9.17) is 6.42 Å². The number of rotatable bonds is 2. The maximum absolute atomic E-state index is 11.1. The van der Waals surface area contributed by atoms with Crippen LogP contribution < -0.4 is 5.32 Å². The Morgan fingerprint density at radius 2 is 2.25 bits per heavy atom. The van der Waals surface area contributed by atoms with Crippen LogP contribution >= 0.6 is 0 Å². The van der Waals surface area contributed by atoms with Gasteiger partial charge in [0.2, 0.25) is 0 Å². The average molecular weight is 161 g/mol. The molecule has 0 saturated carbocycles. The lowest BCUT2D eigenvalue weighted by molar-refractivity contribution is 0.0958. The van der Waals surface area contributed by atoms with Gasteiger partial charge in [0.05, 0.1) is 12.1 Å². The molecular formula is C8H7N3O. The van der Waals surface area contributed by atoms with Gasteiger partial charge < -0.3 is 5.32 Å². The van der Waals surface area contributed by atoms with Gasteiger partial charge in [-0.2, -0.15) is 0 Å². The van der Waals surface area contributed by atoms with Crippen molar-refractivity contribution in [1.82, 2.24) is 15.3 Å². The molecule has 60 valence electrons. The van der Waals surface area contributed by atoms with E-state index in [0.29, 0.717) is 5.56 Å². The molecule has 1 aromatic heterocycles. The number of nitrogens with zero attached hydrogens (tertiary/aromatic N) is 2. The Hall–Kier alpha value is -1.89. The van der Waals surface area contributed by atoms with E-state index in [9.17, 15) is 4.79 Å². The second-order valence-electron chi connectivity index (χ2n) is 2.01. The van der Waals surface area contributed by atoms with Gasteiger partial charge in [0, 0.05) is 12.4 Å². The van der Waals surface area contributed by atoms with Crippen molar-refractivity contribution in [2.45, 2.75) is 0 Å². The van der Waals surface area contributed by atoms with E-state index in [0.717, 1.165) is 0 Å². The van der Waals surface area contributed by atoms with E-state index in [2.05, 4.69) is 21.2 Å². The molecule has 1 aromatic rings. The lowest BCUT2D eigenvalue weighted by Gasteiger charge is -1.98. The van der Waals surface area contributed by atoms with Crippen LogP contribution in [0.4, 0.5) is 0 Å².